The molecule has 4 aliphatic rings. The number of hydrogen-bond donors (Lipinski definition) is 3. The number of thiazole rings is 1. The minimum absolute atomic E-state index is 0.101. The molecular formula is C33H36N6O6S2. The number of aryl methyl sites for hydroxylation is 1. The molecule has 4 heterocycles. The Bertz CT molecular complexity index is 1910. The zero-order valence-electron chi connectivity index (χ0n) is 25.8. The Balaban J connectivity index is 1.19. The van der Waals surface area contributed by atoms with Crippen molar-refractivity contribution in [2.45, 2.75) is 74.4 Å². The standard InChI is InChI=1S/C33H36N6O6S2/c1-3-22-16-33(22,31(42)38-47(43,44)25-10-11-25)37-28(40)27-15-24-17-39(27)30(41)19(2)35-32-36-23(18-46-32)7-5-4-6-20-8-9-21-12-13-34-29(45-24)26(21)14-20/h3-4,6,8-9,12-14,18-19,22,24-25,27H,1,5,7,10-11,15-17H2,2H3,(H,35,36)(H,37,40)(H,38,42)/b6-4+/t19-,22+,24+,27-,33+/m0/s1. The Kier molecular flexibility index (Phi) is 8.03. The number of ether oxygens (including phenoxy) is 1. The molecule has 2 saturated carbocycles. The van der Waals surface area contributed by atoms with Gasteiger partial charge in [0.25, 0.3) is 5.91 Å². The van der Waals surface area contributed by atoms with Gasteiger partial charge in [-0.15, -0.1) is 17.9 Å². The van der Waals surface area contributed by atoms with Crippen LogP contribution >= 0.6 is 11.3 Å². The number of benzene rings is 1. The Morgan fingerprint density at radius 3 is 2.85 bits per heavy atom. The van der Waals surface area contributed by atoms with E-state index in [2.05, 4.69) is 44.1 Å². The maximum atomic E-state index is 14.0. The summed E-state index contributed by atoms with van der Waals surface area (Å²) >= 11 is 1.41. The first kappa shape index (κ1) is 31.3. The normalized spacial score (nSPS) is 28.0. The smallest absolute Gasteiger partial charge is 0.259 e. The van der Waals surface area contributed by atoms with E-state index in [1.807, 2.05) is 29.6 Å². The highest BCUT2D eigenvalue weighted by Gasteiger charge is 2.62. The van der Waals surface area contributed by atoms with Crippen molar-refractivity contribution in [3.63, 3.8) is 0 Å². The molecule has 6 bridgehead atoms. The lowest BCUT2D eigenvalue weighted by Gasteiger charge is -2.28. The highest BCUT2D eigenvalue weighted by Crippen LogP contribution is 2.45. The van der Waals surface area contributed by atoms with E-state index in [1.165, 1.54) is 22.3 Å². The van der Waals surface area contributed by atoms with Gasteiger partial charge in [-0.3, -0.25) is 19.1 Å². The molecular weight excluding hydrogens is 641 g/mol. The van der Waals surface area contributed by atoms with Gasteiger partial charge in [-0.25, -0.2) is 18.4 Å². The van der Waals surface area contributed by atoms with Gasteiger partial charge in [0.2, 0.25) is 27.7 Å². The Labute approximate surface area is 276 Å². The van der Waals surface area contributed by atoms with Gasteiger partial charge in [-0.1, -0.05) is 30.4 Å². The quantitative estimate of drug-likeness (QED) is 0.334. The van der Waals surface area contributed by atoms with Crippen LogP contribution in [0.25, 0.3) is 16.8 Å². The topological polar surface area (TPSA) is 160 Å². The van der Waals surface area contributed by atoms with Crippen LogP contribution in [-0.2, 0) is 30.8 Å². The average molecular weight is 677 g/mol. The van der Waals surface area contributed by atoms with Crippen LogP contribution in [0.15, 0.2) is 54.6 Å². The second-order valence-corrected chi connectivity index (χ2v) is 15.5. The minimum Gasteiger partial charge on any atom is -0.472 e. The van der Waals surface area contributed by atoms with Gasteiger partial charge in [0, 0.05) is 29.3 Å². The molecule has 246 valence electrons. The number of allylic oxidation sites excluding steroid dienone is 1. The van der Waals surface area contributed by atoms with E-state index in [4.69, 9.17) is 4.74 Å². The lowest BCUT2D eigenvalue weighted by molar-refractivity contribution is -0.140. The second-order valence-electron chi connectivity index (χ2n) is 12.7. The molecule has 3 amide bonds. The summed E-state index contributed by atoms with van der Waals surface area (Å²) in [4.78, 5) is 52.0. The van der Waals surface area contributed by atoms with Crippen LogP contribution < -0.4 is 20.1 Å². The number of carbonyl (C=O) groups is 3. The predicted molar refractivity (Wildman–Crippen MR) is 178 cm³/mol. The maximum Gasteiger partial charge on any atom is 0.259 e. The fraction of sp³-hybridized carbons (Fsp3) is 0.424. The molecule has 12 nitrogen and oxygen atoms in total. The summed E-state index contributed by atoms with van der Waals surface area (Å²) in [5.74, 6) is -1.75. The number of hydrogen-bond acceptors (Lipinski definition) is 10. The number of carbonyl (C=O) groups excluding carboxylic acids is 3. The van der Waals surface area contributed by atoms with E-state index in [0.717, 1.165) is 34.9 Å². The number of aromatic nitrogens is 2. The zero-order chi connectivity index (χ0) is 32.9. The number of pyridine rings is 1. The molecule has 3 fully saturated rings. The van der Waals surface area contributed by atoms with Crippen LogP contribution in [0, 0.1) is 5.92 Å². The van der Waals surface area contributed by atoms with Crippen molar-refractivity contribution in [1.29, 1.82) is 0 Å². The number of amides is 3. The van der Waals surface area contributed by atoms with Crippen molar-refractivity contribution >= 4 is 61.1 Å². The summed E-state index contributed by atoms with van der Waals surface area (Å²) < 4.78 is 33.8. The first-order chi connectivity index (χ1) is 22.6. The molecule has 1 saturated heterocycles. The molecule has 2 aromatic heterocycles. The first-order valence-electron chi connectivity index (χ1n) is 15.8. The fourth-order valence-electron chi connectivity index (χ4n) is 6.34. The van der Waals surface area contributed by atoms with Gasteiger partial charge < -0.3 is 20.3 Å². The number of nitrogens with one attached hydrogen (secondary N) is 3. The van der Waals surface area contributed by atoms with Gasteiger partial charge in [0.1, 0.15) is 23.7 Å². The van der Waals surface area contributed by atoms with Crippen LogP contribution in [0.4, 0.5) is 5.13 Å². The first-order valence-corrected chi connectivity index (χ1v) is 18.2. The number of fused-ring (bicyclic) bond motifs is 5. The lowest BCUT2D eigenvalue weighted by Crippen LogP contribution is -2.57. The molecule has 0 spiro atoms. The van der Waals surface area contributed by atoms with E-state index in [-0.39, 0.29) is 25.3 Å². The van der Waals surface area contributed by atoms with Crippen molar-refractivity contribution in [1.82, 2.24) is 24.9 Å². The summed E-state index contributed by atoms with van der Waals surface area (Å²) in [7, 11) is -3.84. The van der Waals surface area contributed by atoms with Gasteiger partial charge in [0.15, 0.2) is 5.13 Å². The van der Waals surface area contributed by atoms with E-state index in [9.17, 15) is 22.8 Å². The van der Waals surface area contributed by atoms with Crippen molar-refractivity contribution in [2.24, 2.45) is 5.92 Å². The van der Waals surface area contributed by atoms with E-state index in [0.29, 0.717) is 23.9 Å². The number of sulfonamides is 1. The highest BCUT2D eigenvalue weighted by atomic mass is 32.2. The molecule has 0 radical (unpaired) electrons. The van der Waals surface area contributed by atoms with Gasteiger partial charge in [-0.05, 0) is 62.1 Å². The van der Waals surface area contributed by atoms with Crippen molar-refractivity contribution in [3.05, 3.63) is 65.8 Å². The van der Waals surface area contributed by atoms with E-state index < -0.39 is 56.7 Å². The van der Waals surface area contributed by atoms with E-state index in [1.54, 1.807) is 13.1 Å². The largest absolute Gasteiger partial charge is 0.472 e. The molecule has 1 aromatic carbocycles. The second kappa shape index (κ2) is 12.1. The number of rotatable bonds is 6. The predicted octanol–water partition coefficient (Wildman–Crippen LogP) is 3.17. The SMILES string of the molecule is C=C[C@@H]1C[C@]1(NC(=O)[C@@H]1C[C@@H]2CN1C(=O)[C@H](C)Nc1nc(cs1)CC/C=C/c1ccc3ccnc(c3c1)O2)C(=O)NS(=O)(=O)C1CC1. The Hall–Kier alpha value is -4.30. The molecule has 2 aliphatic heterocycles. The van der Waals surface area contributed by atoms with Crippen LogP contribution in [0.5, 0.6) is 5.88 Å². The molecule has 0 unspecified atom stereocenters. The van der Waals surface area contributed by atoms with Crippen molar-refractivity contribution < 1.29 is 27.5 Å². The number of anilines is 1. The third-order valence-corrected chi connectivity index (χ3v) is 11.9. The van der Waals surface area contributed by atoms with Crippen LogP contribution in [0.3, 0.4) is 0 Å². The van der Waals surface area contributed by atoms with Gasteiger partial charge in [0.05, 0.1) is 17.5 Å². The van der Waals surface area contributed by atoms with E-state index >= 15 is 0 Å². The molecule has 7 rings (SSSR count). The maximum absolute atomic E-state index is 14.0. The van der Waals surface area contributed by atoms with Crippen LogP contribution in [0.2, 0.25) is 0 Å². The molecule has 2 aliphatic carbocycles. The summed E-state index contributed by atoms with van der Waals surface area (Å²) in [5, 5.41) is 9.71. The van der Waals surface area contributed by atoms with Gasteiger partial charge in [-0.2, -0.15) is 0 Å². The summed E-state index contributed by atoms with van der Waals surface area (Å²) in [6.45, 7) is 5.59. The number of nitrogens with zero attached hydrogens (tertiary/aromatic N) is 3. The third kappa shape index (κ3) is 6.23. The zero-order valence-corrected chi connectivity index (χ0v) is 27.5. The monoisotopic (exact) mass is 676 g/mol. The minimum atomic E-state index is -3.84. The molecule has 47 heavy (non-hydrogen) atoms. The fourth-order valence-corrected chi connectivity index (χ4v) is 8.54. The Morgan fingerprint density at radius 2 is 2.09 bits per heavy atom. The van der Waals surface area contributed by atoms with Crippen molar-refractivity contribution in [2.75, 3.05) is 11.9 Å². The Morgan fingerprint density at radius 1 is 1.26 bits per heavy atom. The average Bonchev–Trinajstić information content (AvgIpc) is 3.94. The molecule has 3 N–H and O–H groups in total. The molecule has 5 atom stereocenters. The highest BCUT2D eigenvalue weighted by molar-refractivity contribution is 7.91. The van der Waals surface area contributed by atoms with Crippen LogP contribution in [0.1, 0.15) is 50.3 Å². The lowest BCUT2D eigenvalue weighted by atomic mass is 10.1. The van der Waals surface area contributed by atoms with Crippen molar-refractivity contribution in [3.8, 4) is 5.88 Å². The summed E-state index contributed by atoms with van der Waals surface area (Å²) in [6.07, 6.45) is 9.62. The summed E-state index contributed by atoms with van der Waals surface area (Å²) in [5.41, 5.74) is 0.427. The third-order valence-electron chi connectivity index (χ3n) is 9.27. The van der Waals surface area contributed by atoms with Gasteiger partial charge >= 0.3 is 0 Å². The molecule has 3 aromatic rings. The summed E-state index contributed by atoms with van der Waals surface area (Å²) in [6, 6.07) is 6.22. The molecule has 14 heteroatoms. The van der Waals surface area contributed by atoms with Crippen LogP contribution in [-0.4, -0.2) is 76.5 Å².